The maximum absolute atomic E-state index is 9.98. The van der Waals surface area contributed by atoms with Crippen LogP contribution in [0.1, 0.15) is 0 Å². The standard InChI is InChI=1S/3C6H12O7.Y/c3*7-1-2(8)3(9)4(10)5(11)6(12)13;/h3*2-5,7-11H,1H2,(H,12,13);/q;;;+3/p-3/t3*2-,3+,4-,5+;/m111./s1. The average molecular weight is 674 g/mol. The van der Waals surface area contributed by atoms with E-state index < -0.39 is 111 Å². The van der Waals surface area contributed by atoms with Gasteiger partial charge in [-0.05, 0) is 0 Å². The van der Waals surface area contributed by atoms with Crippen LogP contribution in [0.5, 0.6) is 0 Å². The van der Waals surface area contributed by atoms with Crippen molar-refractivity contribution in [3.8, 4) is 0 Å². The number of aliphatic hydroxyl groups excluding tert-OH is 15. The van der Waals surface area contributed by atoms with E-state index >= 15 is 0 Å². The van der Waals surface area contributed by atoms with Crippen molar-refractivity contribution in [3.05, 3.63) is 0 Å². The van der Waals surface area contributed by atoms with Gasteiger partial charge < -0.3 is 106 Å². The Hall–Kier alpha value is -1.09. The number of carboxylic acid groups (broad SMARTS) is 3. The summed E-state index contributed by atoms with van der Waals surface area (Å²) in [6.07, 6.45) is -24.2. The molecule has 0 aliphatic rings. The zero-order valence-electron chi connectivity index (χ0n) is 20.3. The monoisotopic (exact) mass is 674 g/mol. The van der Waals surface area contributed by atoms with Gasteiger partial charge in [-0.15, -0.1) is 0 Å². The number of aliphatic carboxylic acids is 3. The van der Waals surface area contributed by atoms with Crippen molar-refractivity contribution >= 4 is 17.9 Å². The summed E-state index contributed by atoms with van der Waals surface area (Å²) in [5.74, 6) is -5.93. The van der Waals surface area contributed by atoms with Gasteiger partial charge in [0.05, 0.1) is 37.7 Å². The maximum atomic E-state index is 9.98. The normalized spacial score (nSPS) is 19.9. The molecule has 0 rings (SSSR count). The predicted molar refractivity (Wildman–Crippen MR) is 108 cm³/mol. The summed E-state index contributed by atoms with van der Waals surface area (Å²) in [5.41, 5.74) is 0. The van der Waals surface area contributed by atoms with Crippen LogP contribution in [-0.4, -0.2) is 188 Å². The summed E-state index contributed by atoms with van der Waals surface area (Å²) < 4.78 is 0. The van der Waals surface area contributed by atoms with E-state index in [1.807, 2.05) is 0 Å². The van der Waals surface area contributed by atoms with Gasteiger partial charge >= 0.3 is 32.7 Å². The molecule has 0 saturated heterocycles. The average Bonchev–Trinajstić information content (AvgIpc) is 2.92. The number of hydrogen-bond acceptors (Lipinski definition) is 21. The van der Waals surface area contributed by atoms with Crippen LogP contribution in [0.3, 0.4) is 0 Å². The fraction of sp³-hybridized carbons (Fsp3) is 0.833. The Labute approximate surface area is 249 Å². The summed E-state index contributed by atoms with van der Waals surface area (Å²) in [4.78, 5) is 29.9. The van der Waals surface area contributed by atoms with Crippen LogP contribution in [0.2, 0.25) is 0 Å². The van der Waals surface area contributed by atoms with Crippen LogP contribution in [0.25, 0.3) is 0 Å². The fourth-order valence-corrected chi connectivity index (χ4v) is 1.99. The number of aliphatic hydroxyl groups is 15. The molecule has 0 unspecified atom stereocenters. The molecule has 0 aromatic carbocycles. The first-order valence-electron chi connectivity index (χ1n) is 10.4. The van der Waals surface area contributed by atoms with Gasteiger partial charge in [-0.3, -0.25) is 0 Å². The van der Waals surface area contributed by atoms with E-state index in [2.05, 4.69) is 0 Å². The summed E-state index contributed by atoms with van der Waals surface area (Å²) >= 11 is 0. The summed E-state index contributed by atoms with van der Waals surface area (Å²) in [7, 11) is 0. The molecule has 12 atom stereocenters. The van der Waals surface area contributed by atoms with Crippen LogP contribution in [0, 0.1) is 0 Å². The van der Waals surface area contributed by atoms with Gasteiger partial charge in [0.2, 0.25) is 0 Å². The van der Waals surface area contributed by atoms with Crippen molar-refractivity contribution in [1.29, 1.82) is 0 Å². The first kappa shape index (κ1) is 45.9. The second-order valence-electron chi connectivity index (χ2n) is 7.48. The molecule has 0 aromatic rings. The number of carbonyl (C=O) groups excluding carboxylic acids is 3. The Morgan fingerprint density at radius 3 is 0.650 bits per heavy atom. The van der Waals surface area contributed by atoms with Crippen molar-refractivity contribution in [2.45, 2.75) is 73.2 Å². The molecule has 15 N–H and O–H groups in total. The molecule has 0 saturated carbocycles. The molecule has 0 spiro atoms. The molecule has 0 bridgehead atoms. The molecule has 22 heteroatoms. The second kappa shape index (κ2) is 23.5. The molecular weight excluding hydrogens is 641 g/mol. The fourth-order valence-electron chi connectivity index (χ4n) is 1.99. The molecule has 0 aliphatic carbocycles. The number of carbonyl (C=O) groups is 3. The zero-order chi connectivity index (χ0) is 31.8. The van der Waals surface area contributed by atoms with Crippen molar-refractivity contribution in [3.63, 3.8) is 0 Å². The van der Waals surface area contributed by atoms with E-state index in [0.29, 0.717) is 0 Å². The first-order valence-corrected chi connectivity index (χ1v) is 10.4. The van der Waals surface area contributed by atoms with Gasteiger partial charge in [-0.2, -0.15) is 0 Å². The molecule has 234 valence electrons. The Bertz CT molecular complexity index is 608. The van der Waals surface area contributed by atoms with Gasteiger partial charge in [0.15, 0.2) is 0 Å². The molecule has 0 heterocycles. The largest absolute Gasteiger partial charge is 3.00 e. The molecule has 0 radical (unpaired) electrons. The van der Waals surface area contributed by atoms with Gasteiger partial charge in [0.1, 0.15) is 73.2 Å². The minimum atomic E-state index is -2.31. The van der Waals surface area contributed by atoms with Crippen molar-refractivity contribution in [2.24, 2.45) is 0 Å². The van der Waals surface area contributed by atoms with Gasteiger partial charge in [-0.1, -0.05) is 0 Å². The predicted octanol–water partition coefficient (Wildman–Crippen LogP) is -14.5. The maximum Gasteiger partial charge on any atom is 3.00 e. The van der Waals surface area contributed by atoms with Crippen molar-refractivity contribution < 1.29 is 139 Å². The van der Waals surface area contributed by atoms with Crippen molar-refractivity contribution in [1.82, 2.24) is 0 Å². The third kappa shape index (κ3) is 17.0. The molecule has 0 aromatic heterocycles. The van der Waals surface area contributed by atoms with Crippen LogP contribution in [-0.2, 0) is 47.1 Å². The number of hydrogen-bond donors (Lipinski definition) is 15. The summed E-state index contributed by atoms with van der Waals surface area (Å²) in [5, 5.41) is 160. The Balaban J connectivity index is -0.000000240. The molecule has 0 aliphatic heterocycles. The van der Waals surface area contributed by atoms with Crippen LogP contribution in [0.15, 0.2) is 0 Å². The SMILES string of the molecule is O=C([O-])[C@@H](O)[C@H](O)[C@@H](O)[C@H](O)CO.O=C([O-])[C@@H](O)[C@H](O)[C@@H](O)[C@H](O)CO.O=C([O-])[C@@H](O)[C@H](O)[C@@H](O)[C@H](O)CO.[Y+3]. The third-order valence-corrected chi connectivity index (χ3v) is 4.49. The van der Waals surface area contributed by atoms with E-state index in [1.165, 1.54) is 0 Å². The first-order chi connectivity index (χ1) is 17.7. The van der Waals surface area contributed by atoms with E-state index in [1.54, 1.807) is 0 Å². The molecule has 0 fully saturated rings. The molecule has 40 heavy (non-hydrogen) atoms. The Kier molecular flexibility index (Phi) is 26.9. The minimum Gasteiger partial charge on any atom is -0.547 e. The van der Waals surface area contributed by atoms with E-state index in [4.69, 9.17) is 76.6 Å². The van der Waals surface area contributed by atoms with Gasteiger partial charge in [0, 0.05) is 0 Å². The Morgan fingerprint density at radius 1 is 0.400 bits per heavy atom. The van der Waals surface area contributed by atoms with E-state index in [-0.39, 0.29) is 32.7 Å². The van der Waals surface area contributed by atoms with Crippen molar-refractivity contribution in [2.75, 3.05) is 19.8 Å². The molecule has 21 nitrogen and oxygen atoms in total. The minimum absolute atomic E-state index is 0. The van der Waals surface area contributed by atoms with Gasteiger partial charge in [0.25, 0.3) is 0 Å². The van der Waals surface area contributed by atoms with Crippen LogP contribution < -0.4 is 15.3 Å². The third-order valence-electron chi connectivity index (χ3n) is 4.49. The molecule has 0 amide bonds. The second-order valence-corrected chi connectivity index (χ2v) is 7.48. The van der Waals surface area contributed by atoms with E-state index in [9.17, 15) is 29.7 Å². The van der Waals surface area contributed by atoms with Crippen LogP contribution >= 0.6 is 0 Å². The number of carboxylic acids is 3. The topological polar surface area (TPSA) is 424 Å². The summed E-state index contributed by atoms with van der Waals surface area (Å²) in [6, 6.07) is 0. The van der Waals surface area contributed by atoms with Crippen LogP contribution in [0.4, 0.5) is 0 Å². The van der Waals surface area contributed by atoms with Gasteiger partial charge in [-0.25, -0.2) is 0 Å². The Morgan fingerprint density at radius 2 is 0.550 bits per heavy atom. The zero-order valence-corrected chi connectivity index (χ0v) is 23.1. The number of rotatable bonds is 15. The quantitative estimate of drug-likeness (QED) is 0.0766. The van der Waals surface area contributed by atoms with E-state index in [0.717, 1.165) is 0 Å². The summed E-state index contributed by atoms with van der Waals surface area (Å²) in [6.45, 7) is -2.59. The molecular formula is C18H33O21Y. The smallest absolute Gasteiger partial charge is 0.547 e.